The number of hydrogen-bond acceptors (Lipinski definition) is 5. The number of carbonyl (C=O) groups is 1. The predicted octanol–water partition coefficient (Wildman–Crippen LogP) is 2.98. The van der Waals surface area contributed by atoms with Crippen LogP contribution < -0.4 is 10.2 Å². The van der Waals surface area contributed by atoms with Crippen molar-refractivity contribution in [2.75, 3.05) is 37.6 Å². The number of amides is 1. The zero-order chi connectivity index (χ0) is 19.4. The first-order valence-electron chi connectivity index (χ1n) is 9.80. The Kier molecular flexibility index (Phi) is 5.91. The quantitative estimate of drug-likeness (QED) is 0.882. The number of nitriles is 1. The van der Waals surface area contributed by atoms with Gasteiger partial charge >= 0.3 is 6.09 Å². The smallest absolute Gasteiger partial charge is 0.407 e. The summed E-state index contributed by atoms with van der Waals surface area (Å²) in [5, 5.41) is 12.2. The first-order chi connectivity index (χ1) is 12.9. The minimum absolute atomic E-state index is 0.328. The Labute approximate surface area is 162 Å². The van der Waals surface area contributed by atoms with Crippen LogP contribution >= 0.6 is 0 Å². The summed E-state index contributed by atoms with van der Waals surface area (Å²) in [5.74, 6) is 0.509. The fraction of sp³-hybridized carbons (Fsp3) is 0.619. The van der Waals surface area contributed by atoms with Crippen LogP contribution in [0.4, 0.5) is 10.5 Å². The van der Waals surface area contributed by atoms with Crippen molar-refractivity contribution in [2.24, 2.45) is 5.92 Å². The summed E-state index contributed by atoms with van der Waals surface area (Å²) in [7, 11) is 0. The van der Waals surface area contributed by atoms with E-state index in [2.05, 4.69) is 21.2 Å². The van der Waals surface area contributed by atoms with Gasteiger partial charge in [0.15, 0.2) is 0 Å². The molecule has 1 amide bonds. The van der Waals surface area contributed by atoms with Crippen molar-refractivity contribution in [1.82, 2.24) is 10.2 Å². The Hall–Kier alpha value is -2.26. The topological polar surface area (TPSA) is 68.6 Å². The average Bonchev–Trinajstić information content (AvgIpc) is 2.59. The molecule has 0 unspecified atom stereocenters. The molecule has 2 aliphatic rings. The van der Waals surface area contributed by atoms with E-state index in [-0.39, 0.29) is 6.09 Å². The summed E-state index contributed by atoms with van der Waals surface area (Å²) in [6.45, 7) is 10.3. The third kappa shape index (κ3) is 5.14. The maximum Gasteiger partial charge on any atom is 0.407 e. The van der Waals surface area contributed by atoms with Crippen LogP contribution in [-0.4, -0.2) is 55.4 Å². The lowest BCUT2D eigenvalue weighted by atomic mass is 9.93. The summed E-state index contributed by atoms with van der Waals surface area (Å²) in [6.07, 6.45) is 1.91. The minimum Gasteiger partial charge on any atom is -0.444 e. The van der Waals surface area contributed by atoms with Crippen LogP contribution in [0.1, 0.15) is 39.2 Å². The van der Waals surface area contributed by atoms with Crippen LogP contribution in [0.3, 0.4) is 0 Å². The number of para-hydroxylation sites is 1. The molecule has 1 aromatic rings. The lowest BCUT2D eigenvalue weighted by molar-refractivity contribution is 0.0309. The molecule has 0 aromatic heterocycles. The standard InChI is InChI=1S/C21H30N4O2/c1-21(2,3)27-20(26)23-13-16-14-25(15-16)18-8-10-24(11-9-18)19-7-5-4-6-17(19)12-22/h4-7,16,18H,8-11,13-15H2,1-3H3,(H,23,26). The van der Waals surface area contributed by atoms with E-state index in [9.17, 15) is 10.1 Å². The number of nitrogens with zero attached hydrogens (tertiary/aromatic N) is 3. The van der Waals surface area contributed by atoms with E-state index >= 15 is 0 Å². The van der Waals surface area contributed by atoms with Crippen LogP contribution in [0.15, 0.2) is 24.3 Å². The first-order valence-corrected chi connectivity index (χ1v) is 9.80. The van der Waals surface area contributed by atoms with E-state index in [0.717, 1.165) is 50.3 Å². The van der Waals surface area contributed by atoms with Crippen molar-refractivity contribution < 1.29 is 9.53 Å². The van der Waals surface area contributed by atoms with E-state index < -0.39 is 5.60 Å². The maximum atomic E-state index is 11.7. The summed E-state index contributed by atoms with van der Waals surface area (Å²) in [5.41, 5.74) is 1.36. The molecule has 27 heavy (non-hydrogen) atoms. The number of nitrogens with one attached hydrogen (secondary N) is 1. The Balaban J connectivity index is 1.38. The van der Waals surface area contributed by atoms with Gasteiger partial charge in [-0.15, -0.1) is 0 Å². The molecule has 0 atom stereocenters. The molecule has 1 aromatic carbocycles. The van der Waals surface area contributed by atoms with Crippen LogP contribution in [-0.2, 0) is 4.74 Å². The summed E-state index contributed by atoms with van der Waals surface area (Å²) in [6, 6.07) is 10.7. The van der Waals surface area contributed by atoms with E-state index in [1.54, 1.807) is 0 Å². The van der Waals surface area contributed by atoms with E-state index in [4.69, 9.17) is 4.74 Å². The highest BCUT2D eigenvalue weighted by Gasteiger charge is 2.34. The molecule has 0 radical (unpaired) electrons. The number of ether oxygens (including phenoxy) is 1. The normalized spacial score (nSPS) is 19.3. The molecule has 2 saturated heterocycles. The van der Waals surface area contributed by atoms with Crippen LogP contribution in [0, 0.1) is 17.2 Å². The number of piperidine rings is 1. The van der Waals surface area contributed by atoms with E-state index in [1.807, 2.05) is 45.0 Å². The monoisotopic (exact) mass is 370 g/mol. The molecule has 6 nitrogen and oxygen atoms in total. The number of anilines is 1. The Morgan fingerprint density at radius 2 is 1.93 bits per heavy atom. The molecule has 2 heterocycles. The van der Waals surface area contributed by atoms with E-state index in [1.165, 1.54) is 0 Å². The Morgan fingerprint density at radius 1 is 1.26 bits per heavy atom. The average molecular weight is 370 g/mol. The second-order valence-electron chi connectivity index (χ2n) is 8.55. The molecule has 0 saturated carbocycles. The summed E-state index contributed by atoms with van der Waals surface area (Å²) in [4.78, 5) is 16.6. The SMILES string of the molecule is CC(C)(C)OC(=O)NCC1CN(C2CCN(c3ccccc3C#N)CC2)C1. The molecule has 1 N–H and O–H groups in total. The molecule has 2 aliphatic heterocycles. The number of benzene rings is 1. The first kappa shape index (κ1) is 19.5. The minimum atomic E-state index is -0.451. The number of alkyl carbamates (subject to hydrolysis) is 1. The molecule has 0 aliphatic carbocycles. The molecule has 6 heteroatoms. The third-order valence-corrected chi connectivity index (χ3v) is 5.27. The highest BCUT2D eigenvalue weighted by atomic mass is 16.6. The fourth-order valence-electron chi connectivity index (χ4n) is 3.89. The van der Waals surface area contributed by atoms with Gasteiger partial charge in [-0.25, -0.2) is 4.79 Å². The van der Waals surface area contributed by atoms with Crippen LogP contribution in [0.25, 0.3) is 0 Å². The van der Waals surface area contributed by atoms with Crippen molar-refractivity contribution >= 4 is 11.8 Å². The van der Waals surface area contributed by atoms with Crippen LogP contribution in [0.5, 0.6) is 0 Å². The highest BCUT2D eigenvalue weighted by Crippen LogP contribution is 2.28. The molecule has 0 bridgehead atoms. The molecule has 146 valence electrons. The maximum absolute atomic E-state index is 11.7. The third-order valence-electron chi connectivity index (χ3n) is 5.27. The van der Waals surface area contributed by atoms with Crippen molar-refractivity contribution in [3.8, 4) is 6.07 Å². The second kappa shape index (κ2) is 8.18. The molecular formula is C21H30N4O2. The van der Waals surface area contributed by atoms with Crippen LogP contribution in [0.2, 0.25) is 0 Å². The van der Waals surface area contributed by atoms with Gasteiger partial charge in [0.2, 0.25) is 0 Å². The van der Waals surface area contributed by atoms with Gasteiger partial charge in [0.25, 0.3) is 0 Å². The zero-order valence-electron chi connectivity index (χ0n) is 16.6. The van der Waals surface area contributed by atoms with Crippen molar-refractivity contribution in [2.45, 2.75) is 45.3 Å². The van der Waals surface area contributed by atoms with Gasteiger partial charge in [-0.1, -0.05) is 12.1 Å². The predicted molar refractivity (Wildman–Crippen MR) is 106 cm³/mol. The van der Waals surface area contributed by atoms with Gasteiger partial charge < -0.3 is 15.0 Å². The second-order valence-corrected chi connectivity index (χ2v) is 8.55. The number of rotatable bonds is 4. The molecule has 0 spiro atoms. The highest BCUT2D eigenvalue weighted by molar-refractivity contribution is 5.67. The summed E-state index contributed by atoms with van der Waals surface area (Å²) >= 11 is 0. The lowest BCUT2D eigenvalue weighted by Crippen LogP contribution is -2.57. The largest absolute Gasteiger partial charge is 0.444 e. The van der Waals surface area contributed by atoms with Crippen molar-refractivity contribution in [1.29, 1.82) is 5.26 Å². The lowest BCUT2D eigenvalue weighted by Gasteiger charge is -2.47. The zero-order valence-corrected chi connectivity index (χ0v) is 16.6. The van der Waals surface area contributed by atoms with Gasteiger partial charge in [-0.2, -0.15) is 5.26 Å². The molecule has 3 rings (SSSR count). The number of likely N-dealkylation sites (tertiary alicyclic amines) is 1. The Bertz CT molecular complexity index is 693. The van der Waals surface area contributed by atoms with Gasteiger partial charge in [-0.3, -0.25) is 4.90 Å². The van der Waals surface area contributed by atoms with Gasteiger partial charge in [0.05, 0.1) is 11.3 Å². The summed E-state index contributed by atoms with van der Waals surface area (Å²) < 4.78 is 5.28. The van der Waals surface area contributed by atoms with Gasteiger partial charge in [0, 0.05) is 44.7 Å². The van der Waals surface area contributed by atoms with Gasteiger partial charge in [0.1, 0.15) is 11.7 Å². The number of hydrogen-bond donors (Lipinski definition) is 1. The Morgan fingerprint density at radius 3 is 2.56 bits per heavy atom. The van der Waals surface area contributed by atoms with Crippen molar-refractivity contribution in [3.63, 3.8) is 0 Å². The molecule has 2 fully saturated rings. The number of carbonyl (C=O) groups excluding carboxylic acids is 1. The van der Waals surface area contributed by atoms with Gasteiger partial charge in [-0.05, 0) is 45.7 Å². The fourth-order valence-corrected chi connectivity index (χ4v) is 3.89. The van der Waals surface area contributed by atoms with Crippen molar-refractivity contribution in [3.05, 3.63) is 29.8 Å². The van der Waals surface area contributed by atoms with E-state index in [0.29, 0.717) is 18.5 Å². The molecular weight excluding hydrogens is 340 g/mol.